The van der Waals surface area contributed by atoms with Crippen molar-refractivity contribution in [2.75, 3.05) is 7.11 Å². The summed E-state index contributed by atoms with van der Waals surface area (Å²) in [6, 6.07) is 11.0. The summed E-state index contributed by atoms with van der Waals surface area (Å²) in [5.74, 6) is -0.0775. The number of ether oxygens (including phenoxy) is 2. The molecule has 0 N–H and O–H groups in total. The minimum absolute atomic E-state index is 0.0509. The second-order valence-electron chi connectivity index (χ2n) is 4.24. The minimum Gasteiger partial charge on any atom is -0.495 e. The summed E-state index contributed by atoms with van der Waals surface area (Å²) in [4.78, 5) is 10.5. The van der Waals surface area contributed by atoms with Gasteiger partial charge in [-0.1, -0.05) is 6.07 Å². The van der Waals surface area contributed by atoms with Crippen LogP contribution in [0.25, 0.3) is 0 Å². The third-order valence-corrected chi connectivity index (χ3v) is 2.87. The van der Waals surface area contributed by atoms with Gasteiger partial charge in [-0.3, -0.25) is 4.79 Å². The van der Waals surface area contributed by atoms with Crippen molar-refractivity contribution in [2.45, 2.75) is 6.61 Å². The summed E-state index contributed by atoms with van der Waals surface area (Å²) in [5.41, 5.74) is 1.35. The number of halogens is 1. The SMILES string of the molecule is COc1ccc(COc2ccc(C=O)cc2F)cc1C#N. The zero-order valence-corrected chi connectivity index (χ0v) is 11.3. The number of carbonyl (C=O) groups excluding carboxylic acids is 1. The number of aldehydes is 1. The summed E-state index contributed by atoms with van der Waals surface area (Å²) in [6.07, 6.45) is 0.565. The first-order valence-corrected chi connectivity index (χ1v) is 6.12. The Morgan fingerprint density at radius 3 is 2.62 bits per heavy atom. The van der Waals surface area contributed by atoms with Crippen molar-refractivity contribution >= 4 is 6.29 Å². The molecule has 2 aromatic rings. The summed E-state index contributed by atoms with van der Waals surface area (Å²) in [5, 5.41) is 9.00. The monoisotopic (exact) mass is 285 g/mol. The molecule has 0 unspecified atom stereocenters. The second-order valence-corrected chi connectivity index (χ2v) is 4.24. The standard InChI is InChI=1S/C16H12FNO3/c1-20-15-4-3-12(6-13(15)8-18)10-21-16-5-2-11(9-19)7-14(16)17/h2-7,9H,10H2,1H3. The molecule has 2 aromatic carbocycles. The van der Waals surface area contributed by atoms with Crippen molar-refractivity contribution < 1.29 is 18.7 Å². The van der Waals surface area contributed by atoms with Crippen LogP contribution in [0.15, 0.2) is 36.4 Å². The maximum Gasteiger partial charge on any atom is 0.165 e. The van der Waals surface area contributed by atoms with Gasteiger partial charge in [0.1, 0.15) is 24.7 Å². The van der Waals surface area contributed by atoms with E-state index >= 15 is 0 Å². The van der Waals surface area contributed by atoms with E-state index in [1.807, 2.05) is 6.07 Å². The van der Waals surface area contributed by atoms with Gasteiger partial charge >= 0.3 is 0 Å². The number of nitrogens with zero attached hydrogens (tertiary/aromatic N) is 1. The molecule has 0 spiro atoms. The van der Waals surface area contributed by atoms with Crippen LogP contribution >= 0.6 is 0 Å². The molecule has 0 heterocycles. The summed E-state index contributed by atoms with van der Waals surface area (Å²) in [7, 11) is 1.48. The minimum atomic E-state index is -0.603. The Morgan fingerprint density at radius 1 is 1.24 bits per heavy atom. The lowest BCUT2D eigenvalue weighted by molar-refractivity contribution is 0.112. The van der Waals surface area contributed by atoms with Crippen molar-refractivity contribution in [2.24, 2.45) is 0 Å². The van der Waals surface area contributed by atoms with Crippen LogP contribution in [0.3, 0.4) is 0 Å². The quantitative estimate of drug-likeness (QED) is 0.792. The van der Waals surface area contributed by atoms with Crippen LogP contribution in [0.5, 0.6) is 11.5 Å². The summed E-state index contributed by atoms with van der Waals surface area (Å²) < 4.78 is 24.0. The predicted octanol–water partition coefficient (Wildman–Crippen LogP) is 3.10. The molecule has 2 rings (SSSR count). The molecule has 4 nitrogen and oxygen atoms in total. The van der Waals surface area contributed by atoms with Crippen molar-refractivity contribution in [1.82, 2.24) is 0 Å². The third kappa shape index (κ3) is 3.37. The van der Waals surface area contributed by atoms with Gasteiger partial charge in [-0.15, -0.1) is 0 Å². The smallest absolute Gasteiger partial charge is 0.165 e. The maximum absolute atomic E-state index is 13.6. The van der Waals surface area contributed by atoms with E-state index < -0.39 is 5.82 Å². The van der Waals surface area contributed by atoms with E-state index in [1.165, 1.54) is 19.2 Å². The molecule has 0 radical (unpaired) electrons. The molecule has 5 heteroatoms. The second kappa shape index (κ2) is 6.53. The Labute approximate surface area is 121 Å². The lowest BCUT2D eigenvalue weighted by Gasteiger charge is -2.09. The van der Waals surface area contributed by atoms with Gasteiger partial charge < -0.3 is 9.47 Å². The lowest BCUT2D eigenvalue weighted by Crippen LogP contribution is -1.99. The number of hydrogen-bond acceptors (Lipinski definition) is 4. The molecule has 0 amide bonds. The molecule has 21 heavy (non-hydrogen) atoms. The van der Waals surface area contributed by atoms with Crippen molar-refractivity contribution in [3.63, 3.8) is 0 Å². The van der Waals surface area contributed by atoms with Crippen LogP contribution in [0.1, 0.15) is 21.5 Å². The molecule has 0 aromatic heterocycles. The fourth-order valence-electron chi connectivity index (χ4n) is 1.80. The van der Waals surface area contributed by atoms with Gasteiger partial charge in [-0.25, -0.2) is 4.39 Å². The molecule has 0 atom stereocenters. The van der Waals surface area contributed by atoms with Gasteiger partial charge in [0.05, 0.1) is 12.7 Å². The largest absolute Gasteiger partial charge is 0.495 e. The fraction of sp³-hybridized carbons (Fsp3) is 0.125. The van der Waals surface area contributed by atoms with Gasteiger partial charge in [-0.05, 0) is 35.9 Å². The molecule has 0 saturated heterocycles. The van der Waals surface area contributed by atoms with E-state index in [9.17, 15) is 9.18 Å². The Morgan fingerprint density at radius 2 is 2.00 bits per heavy atom. The van der Waals surface area contributed by atoms with Gasteiger partial charge in [0.15, 0.2) is 11.6 Å². The first-order valence-electron chi connectivity index (χ1n) is 6.12. The highest BCUT2D eigenvalue weighted by Gasteiger charge is 2.07. The van der Waals surface area contributed by atoms with Gasteiger partial charge in [0.2, 0.25) is 0 Å². The lowest BCUT2D eigenvalue weighted by atomic mass is 10.1. The first kappa shape index (κ1) is 14.5. The zero-order chi connectivity index (χ0) is 15.2. The number of carbonyl (C=O) groups is 1. The first-order chi connectivity index (χ1) is 10.2. The van der Waals surface area contributed by atoms with Crippen LogP contribution in [0, 0.1) is 17.1 Å². The zero-order valence-electron chi connectivity index (χ0n) is 11.3. The third-order valence-electron chi connectivity index (χ3n) is 2.87. The van der Waals surface area contributed by atoms with Gasteiger partial charge in [0.25, 0.3) is 0 Å². The normalized spacial score (nSPS) is 9.76. The molecular weight excluding hydrogens is 273 g/mol. The molecule has 0 aliphatic carbocycles. The van der Waals surface area contributed by atoms with Crippen LogP contribution in [-0.2, 0) is 6.61 Å². The molecule has 0 fully saturated rings. The summed E-state index contributed by atoms with van der Waals surface area (Å²) >= 11 is 0. The fourth-order valence-corrected chi connectivity index (χ4v) is 1.80. The number of benzene rings is 2. The topological polar surface area (TPSA) is 59.3 Å². The van der Waals surface area contributed by atoms with Gasteiger partial charge in [0, 0.05) is 5.56 Å². The Kier molecular flexibility index (Phi) is 4.52. The Balaban J connectivity index is 2.13. The maximum atomic E-state index is 13.6. The van der Waals surface area contributed by atoms with Crippen LogP contribution < -0.4 is 9.47 Å². The van der Waals surface area contributed by atoms with Crippen LogP contribution in [0.4, 0.5) is 4.39 Å². The molecular formula is C16H12FNO3. The number of methoxy groups -OCH3 is 1. The van der Waals surface area contributed by atoms with Gasteiger partial charge in [-0.2, -0.15) is 5.26 Å². The number of hydrogen-bond donors (Lipinski definition) is 0. The molecule has 0 aliphatic rings. The summed E-state index contributed by atoms with van der Waals surface area (Å²) in [6.45, 7) is 0.107. The molecule has 0 aliphatic heterocycles. The highest BCUT2D eigenvalue weighted by Crippen LogP contribution is 2.22. The number of rotatable bonds is 5. The van der Waals surface area contributed by atoms with E-state index in [-0.39, 0.29) is 17.9 Å². The molecule has 106 valence electrons. The highest BCUT2D eigenvalue weighted by molar-refractivity contribution is 5.74. The number of nitriles is 1. The molecule has 0 saturated carbocycles. The van der Waals surface area contributed by atoms with Crippen molar-refractivity contribution in [3.8, 4) is 17.6 Å². The Hall–Kier alpha value is -2.87. The van der Waals surface area contributed by atoms with Crippen molar-refractivity contribution in [3.05, 3.63) is 58.9 Å². The van der Waals surface area contributed by atoms with E-state index in [2.05, 4.69) is 0 Å². The van der Waals surface area contributed by atoms with E-state index in [0.29, 0.717) is 23.2 Å². The average molecular weight is 285 g/mol. The van der Waals surface area contributed by atoms with Crippen LogP contribution in [0.2, 0.25) is 0 Å². The van der Waals surface area contributed by atoms with E-state index in [0.717, 1.165) is 6.07 Å². The molecule has 0 bridgehead atoms. The van der Waals surface area contributed by atoms with E-state index in [4.69, 9.17) is 14.7 Å². The van der Waals surface area contributed by atoms with Crippen molar-refractivity contribution in [1.29, 1.82) is 5.26 Å². The van der Waals surface area contributed by atoms with E-state index in [1.54, 1.807) is 18.2 Å². The predicted molar refractivity (Wildman–Crippen MR) is 73.8 cm³/mol. The highest BCUT2D eigenvalue weighted by atomic mass is 19.1. The van der Waals surface area contributed by atoms with Crippen LogP contribution in [-0.4, -0.2) is 13.4 Å². The average Bonchev–Trinajstić information content (AvgIpc) is 2.53. The Bertz CT molecular complexity index is 707.